The molecule has 1 aliphatic carbocycles. The molecule has 0 aromatic heterocycles. The Labute approximate surface area is 157 Å². The van der Waals surface area contributed by atoms with Gasteiger partial charge in [-0.25, -0.2) is 9.18 Å². The molecule has 2 aliphatic rings. The summed E-state index contributed by atoms with van der Waals surface area (Å²) in [4.78, 5) is 25.5. The lowest BCUT2D eigenvalue weighted by molar-refractivity contribution is -0.136. The van der Waals surface area contributed by atoms with Crippen molar-refractivity contribution in [1.29, 1.82) is 0 Å². The van der Waals surface area contributed by atoms with E-state index in [0.29, 0.717) is 35.2 Å². The van der Waals surface area contributed by atoms with Crippen molar-refractivity contribution in [2.24, 2.45) is 5.41 Å². The molecule has 0 radical (unpaired) electrons. The Morgan fingerprint density at radius 2 is 2.04 bits per heavy atom. The Morgan fingerprint density at radius 3 is 2.65 bits per heavy atom. The molecular formula is C20H21ClFNO3. The minimum atomic E-state index is -0.671. The fourth-order valence-corrected chi connectivity index (χ4v) is 4.14. The van der Waals surface area contributed by atoms with Gasteiger partial charge in [0.1, 0.15) is 5.82 Å². The smallest absolute Gasteiger partial charge is 0.336 e. The normalized spacial score (nSPS) is 22.1. The molecule has 0 fully saturated rings. The van der Waals surface area contributed by atoms with Crippen LogP contribution in [-0.4, -0.2) is 18.9 Å². The summed E-state index contributed by atoms with van der Waals surface area (Å²) in [6.45, 7) is 5.84. The first-order valence-electron chi connectivity index (χ1n) is 8.42. The van der Waals surface area contributed by atoms with Gasteiger partial charge in [0.05, 0.1) is 12.7 Å². The number of ketones is 1. The summed E-state index contributed by atoms with van der Waals surface area (Å²) in [6, 6.07) is 4.01. The Bertz CT molecular complexity index is 870. The zero-order valence-corrected chi connectivity index (χ0v) is 16.0. The number of hydrogen-bond acceptors (Lipinski definition) is 4. The zero-order valence-electron chi connectivity index (χ0n) is 15.2. The lowest BCUT2D eigenvalue weighted by atomic mass is 9.68. The first kappa shape index (κ1) is 18.6. The van der Waals surface area contributed by atoms with E-state index in [0.717, 1.165) is 5.70 Å². The van der Waals surface area contributed by atoms with Gasteiger partial charge >= 0.3 is 5.97 Å². The number of carbonyl (C=O) groups is 2. The number of ether oxygens (including phenoxy) is 1. The van der Waals surface area contributed by atoms with E-state index in [1.54, 1.807) is 6.92 Å². The van der Waals surface area contributed by atoms with Gasteiger partial charge in [-0.15, -0.1) is 0 Å². The van der Waals surface area contributed by atoms with Gasteiger partial charge in [-0.2, -0.15) is 0 Å². The third kappa shape index (κ3) is 3.16. The van der Waals surface area contributed by atoms with Gasteiger partial charge in [0.15, 0.2) is 5.78 Å². The maximum absolute atomic E-state index is 13.5. The molecule has 0 bridgehead atoms. The third-order valence-corrected chi connectivity index (χ3v) is 5.25. The molecule has 3 rings (SSSR count). The molecule has 138 valence electrons. The largest absolute Gasteiger partial charge is 0.466 e. The molecule has 0 saturated carbocycles. The van der Waals surface area contributed by atoms with Gasteiger partial charge in [0, 0.05) is 34.3 Å². The van der Waals surface area contributed by atoms with Crippen LogP contribution >= 0.6 is 11.6 Å². The number of allylic oxidation sites excluding steroid dienone is 3. The molecule has 26 heavy (non-hydrogen) atoms. The highest BCUT2D eigenvalue weighted by Crippen LogP contribution is 2.48. The fourth-order valence-electron chi connectivity index (χ4n) is 3.86. The summed E-state index contributed by atoms with van der Waals surface area (Å²) in [5.74, 6) is -1.72. The van der Waals surface area contributed by atoms with E-state index in [-0.39, 0.29) is 16.2 Å². The molecule has 0 saturated heterocycles. The Kier molecular flexibility index (Phi) is 4.69. The van der Waals surface area contributed by atoms with E-state index < -0.39 is 17.7 Å². The summed E-state index contributed by atoms with van der Waals surface area (Å²) in [5, 5.41) is 3.40. The van der Waals surface area contributed by atoms with Crippen LogP contribution in [0.25, 0.3) is 0 Å². The standard InChI is InChI=1S/C20H21ClFNO3/c1-10-16(19(25)26-4)17(12-6-5-11(22)7-13(12)21)18-14(23-10)8-20(2,3)9-15(18)24/h5-7,17,23H,8-9H2,1-4H3. The van der Waals surface area contributed by atoms with Gasteiger partial charge in [-0.3, -0.25) is 4.79 Å². The summed E-state index contributed by atoms with van der Waals surface area (Å²) >= 11 is 6.29. The molecule has 1 atom stereocenters. The third-order valence-electron chi connectivity index (χ3n) is 4.92. The van der Waals surface area contributed by atoms with Gasteiger partial charge < -0.3 is 10.1 Å². The van der Waals surface area contributed by atoms with E-state index in [1.807, 2.05) is 13.8 Å². The van der Waals surface area contributed by atoms with Crippen LogP contribution in [0.2, 0.25) is 5.02 Å². The number of rotatable bonds is 2. The van der Waals surface area contributed by atoms with Crippen molar-refractivity contribution in [2.45, 2.75) is 39.5 Å². The van der Waals surface area contributed by atoms with Gasteiger partial charge in [0.25, 0.3) is 0 Å². The number of Topliss-reactive ketones (excluding diaryl/α,β-unsaturated/α-hetero) is 1. The molecule has 6 heteroatoms. The monoisotopic (exact) mass is 377 g/mol. The average Bonchev–Trinajstić information content (AvgIpc) is 2.51. The van der Waals surface area contributed by atoms with Crippen LogP contribution in [0.1, 0.15) is 45.1 Å². The predicted molar refractivity (Wildman–Crippen MR) is 97.1 cm³/mol. The number of halogens is 2. The first-order chi connectivity index (χ1) is 12.1. The lowest BCUT2D eigenvalue weighted by Gasteiger charge is -2.39. The highest BCUT2D eigenvalue weighted by molar-refractivity contribution is 6.31. The van der Waals surface area contributed by atoms with Crippen LogP contribution in [0, 0.1) is 11.2 Å². The van der Waals surface area contributed by atoms with Gasteiger partial charge in [0.2, 0.25) is 0 Å². The number of hydrogen-bond donors (Lipinski definition) is 1. The molecular weight excluding hydrogens is 357 g/mol. The van der Waals surface area contributed by atoms with Crippen molar-refractivity contribution < 1.29 is 18.7 Å². The molecule has 0 amide bonds. The van der Waals surface area contributed by atoms with Gasteiger partial charge in [-0.05, 0) is 36.5 Å². The molecule has 0 spiro atoms. The topological polar surface area (TPSA) is 55.4 Å². The quantitative estimate of drug-likeness (QED) is 0.782. The first-order valence-corrected chi connectivity index (χ1v) is 8.79. The van der Waals surface area contributed by atoms with Crippen LogP contribution in [0.3, 0.4) is 0 Å². The highest BCUT2D eigenvalue weighted by atomic mass is 35.5. The average molecular weight is 378 g/mol. The second-order valence-electron chi connectivity index (χ2n) is 7.59. The summed E-state index contributed by atoms with van der Waals surface area (Å²) < 4.78 is 18.5. The van der Waals surface area contributed by atoms with E-state index in [1.165, 1.54) is 25.3 Å². The molecule has 4 nitrogen and oxygen atoms in total. The van der Waals surface area contributed by atoms with Crippen LogP contribution in [0.15, 0.2) is 40.7 Å². The number of benzene rings is 1. The second kappa shape index (κ2) is 6.54. The molecule has 1 unspecified atom stereocenters. The molecule has 1 N–H and O–H groups in total. The van der Waals surface area contributed by atoms with Crippen LogP contribution in [0.4, 0.5) is 4.39 Å². The van der Waals surface area contributed by atoms with Crippen molar-refractivity contribution in [3.8, 4) is 0 Å². The minimum absolute atomic E-state index is 0.0388. The van der Waals surface area contributed by atoms with Crippen molar-refractivity contribution in [3.63, 3.8) is 0 Å². The van der Waals surface area contributed by atoms with Crippen molar-refractivity contribution in [2.75, 3.05) is 7.11 Å². The predicted octanol–water partition coefficient (Wildman–Crippen LogP) is 4.26. The number of dihydropyridines is 1. The SMILES string of the molecule is COC(=O)C1=C(C)NC2=C(C(=O)CC(C)(C)C2)C1c1ccc(F)cc1Cl. The van der Waals surface area contributed by atoms with Crippen molar-refractivity contribution >= 4 is 23.4 Å². The van der Waals surface area contributed by atoms with E-state index in [9.17, 15) is 14.0 Å². The highest BCUT2D eigenvalue weighted by Gasteiger charge is 2.43. The Balaban J connectivity index is 2.24. The van der Waals surface area contributed by atoms with Crippen molar-refractivity contribution in [3.05, 3.63) is 57.1 Å². The number of methoxy groups -OCH3 is 1. The van der Waals surface area contributed by atoms with E-state index >= 15 is 0 Å². The summed E-state index contributed by atoms with van der Waals surface area (Å²) in [6.07, 6.45) is 1.05. The molecule has 1 heterocycles. The maximum atomic E-state index is 13.5. The maximum Gasteiger partial charge on any atom is 0.336 e. The molecule has 1 aliphatic heterocycles. The van der Waals surface area contributed by atoms with Crippen LogP contribution in [0.5, 0.6) is 0 Å². The zero-order chi connectivity index (χ0) is 19.2. The summed E-state index contributed by atoms with van der Waals surface area (Å²) in [5.41, 5.74) is 2.60. The van der Waals surface area contributed by atoms with E-state index in [2.05, 4.69) is 5.32 Å². The van der Waals surface area contributed by atoms with Gasteiger partial charge in [-0.1, -0.05) is 31.5 Å². The van der Waals surface area contributed by atoms with E-state index in [4.69, 9.17) is 16.3 Å². The molecule has 1 aromatic carbocycles. The lowest BCUT2D eigenvalue weighted by Crippen LogP contribution is -2.38. The second-order valence-corrected chi connectivity index (χ2v) is 7.99. The Hall–Kier alpha value is -2.14. The minimum Gasteiger partial charge on any atom is -0.466 e. The van der Waals surface area contributed by atoms with Crippen LogP contribution in [-0.2, 0) is 14.3 Å². The van der Waals surface area contributed by atoms with Crippen molar-refractivity contribution in [1.82, 2.24) is 5.32 Å². The number of esters is 1. The number of carbonyl (C=O) groups excluding carboxylic acids is 2. The summed E-state index contributed by atoms with van der Waals surface area (Å²) in [7, 11) is 1.29. The number of nitrogens with one attached hydrogen (secondary N) is 1. The van der Waals surface area contributed by atoms with Crippen LogP contribution < -0.4 is 5.32 Å². The Morgan fingerprint density at radius 1 is 1.35 bits per heavy atom. The fraction of sp³-hybridized carbons (Fsp3) is 0.400. The molecule has 1 aromatic rings.